The molecule has 0 saturated carbocycles. The molecule has 0 aromatic rings. The standard InChI is InChI=1S/C17H32O4Si/c1-12(2)11-20-16(18)9-10-17(19)21-22(13(3)4,14(5)6)15(7)8/h9-10,12-15H,11H2,1-8H3/b10-9+. The summed E-state index contributed by atoms with van der Waals surface area (Å²) in [5, 5.41) is 0. The molecule has 0 aromatic heterocycles. The Balaban J connectivity index is 4.88. The lowest BCUT2D eigenvalue weighted by Gasteiger charge is -2.40. The SMILES string of the molecule is CC(C)COC(=O)/C=C/C(=O)O[Si](C(C)C)(C(C)C)C(C)C. The first kappa shape index (κ1) is 20.9. The smallest absolute Gasteiger partial charge is 0.331 e. The Hall–Kier alpha value is -1.10. The van der Waals surface area contributed by atoms with Gasteiger partial charge in [0, 0.05) is 12.2 Å². The second-order valence-corrected chi connectivity index (χ2v) is 12.5. The van der Waals surface area contributed by atoms with Crippen LogP contribution in [0.25, 0.3) is 0 Å². The molecule has 0 saturated heterocycles. The third-order valence-electron chi connectivity index (χ3n) is 3.90. The van der Waals surface area contributed by atoms with Gasteiger partial charge in [0.05, 0.1) is 6.61 Å². The Morgan fingerprint density at radius 2 is 1.23 bits per heavy atom. The van der Waals surface area contributed by atoms with Gasteiger partial charge in [0.25, 0.3) is 8.32 Å². The number of hydrogen-bond donors (Lipinski definition) is 0. The Kier molecular flexibility index (Phi) is 8.67. The van der Waals surface area contributed by atoms with Gasteiger partial charge in [-0.2, -0.15) is 0 Å². The molecule has 0 bridgehead atoms. The van der Waals surface area contributed by atoms with Crippen LogP contribution in [0.1, 0.15) is 55.4 Å². The van der Waals surface area contributed by atoms with Crippen LogP contribution in [0, 0.1) is 5.92 Å². The Morgan fingerprint density at radius 3 is 1.59 bits per heavy atom. The number of esters is 1. The fourth-order valence-corrected chi connectivity index (χ4v) is 8.12. The van der Waals surface area contributed by atoms with Crippen molar-refractivity contribution in [3.05, 3.63) is 12.2 Å². The van der Waals surface area contributed by atoms with E-state index in [0.29, 0.717) is 23.2 Å². The third-order valence-corrected chi connectivity index (χ3v) is 9.87. The van der Waals surface area contributed by atoms with E-state index in [4.69, 9.17) is 9.16 Å². The second-order valence-electron chi connectivity index (χ2n) is 7.10. The summed E-state index contributed by atoms with van der Waals surface area (Å²) in [4.78, 5) is 23.6. The molecule has 128 valence electrons. The lowest BCUT2D eigenvalue weighted by Crippen LogP contribution is -2.49. The van der Waals surface area contributed by atoms with Gasteiger partial charge in [-0.1, -0.05) is 55.4 Å². The molecule has 22 heavy (non-hydrogen) atoms. The van der Waals surface area contributed by atoms with Crippen LogP contribution in [0.15, 0.2) is 12.2 Å². The van der Waals surface area contributed by atoms with Gasteiger partial charge in [0.2, 0.25) is 0 Å². The van der Waals surface area contributed by atoms with Crippen molar-refractivity contribution in [1.82, 2.24) is 0 Å². The van der Waals surface area contributed by atoms with Gasteiger partial charge < -0.3 is 9.16 Å². The summed E-state index contributed by atoms with van der Waals surface area (Å²) in [6.45, 7) is 16.9. The van der Waals surface area contributed by atoms with E-state index < -0.39 is 20.3 Å². The topological polar surface area (TPSA) is 52.6 Å². The van der Waals surface area contributed by atoms with Gasteiger partial charge in [-0.3, -0.25) is 0 Å². The zero-order valence-corrected chi connectivity index (χ0v) is 16.3. The number of ether oxygens (including phenoxy) is 1. The molecule has 5 heteroatoms. The van der Waals surface area contributed by atoms with Crippen molar-refractivity contribution in [2.24, 2.45) is 5.92 Å². The van der Waals surface area contributed by atoms with Crippen LogP contribution in [0.2, 0.25) is 16.6 Å². The maximum absolute atomic E-state index is 12.1. The van der Waals surface area contributed by atoms with Crippen LogP contribution in [0.3, 0.4) is 0 Å². The van der Waals surface area contributed by atoms with Gasteiger partial charge in [-0.15, -0.1) is 0 Å². The molecule has 0 amide bonds. The molecular formula is C17H32O4Si. The fourth-order valence-electron chi connectivity index (χ4n) is 2.99. The quantitative estimate of drug-likeness (QED) is 0.375. The van der Waals surface area contributed by atoms with Gasteiger partial charge >= 0.3 is 11.9 Å². The van der Waals surface area contributed by atoms with Gasteiger partial charge in [0.15, 0.2) is 0 Å². The van der Waals surface area contributed by atoms with Crippen molar-refractivity contribution in [3.8, 4) is 0 Å². The highest BCUT2D eigenvalue weighted by Crippen LogP contribution is 2.42. The average Bonchev–Trinajstić information content (AvgIpc) is 2.38. The molecule has 0 aliphatic heterocycles. The van der Waals surface area contributed by atoms with Crippen molar-refractivity contribution >= 4 is 20.3 Å². The van der Waals surface area contributed by atoms with Crippen LogP contribution in [-0.2, 0) is 18.8 Å². The van der Waals surface area contributed by atoms with E-state index in [9.17, 15) is 9.59 Å². The summed E-state index contributed by atoms with van der Waals surface area (Å²) in [6, 6.07) is 0. The highest BCUT2D eigenvalue weighted by Gasteiger charge is 2.47. The Bertz CT molecular complexity index is 376. The molecule has 0 aromatic carbocycles. The fraction of sp³-hybridized carbons (Fsp3) is 0.765. The zero-order valence-electron chi connectivity index (χ0n) is 15.3. The summed E-state index contributed by atoms with van der Waals surface area (Å²) < 4.78 is 10.9. The molecule has 0 aliphatic rings. The van der Waals surface area contributed by atoms with E-state index in [1.165, 1.54) is 6.08 Å². The van der Waals surface area contributed by atoms with E-state index in [0.717, 1.165) is 6.08 Å². The molecule has 4 nitrogen and oxygen atoms in total. The van der Waals surface area contributed by atoms with Crippen LogP contribution in [0.5, 0.6) is 0 Å². The third kappa shape index (κ3) is 5.95. The van der Waals surface area contributed by atoms with Crippen molar-refractivity contribution in [1.29, 1.82) is 0 Å². The molecule has 0 spiro atoms. The number of rotatable bonds is 8. The minimum atomic E-state index is -2.25. The lowest BCUT2D eigenvalue weighted by molar-refractivity contribution is -0.139. The summed E-state index contributed by atoms with van der Waals surface area (Å²) in [5.41, 5.74) is 0.952. The van der Waals surface area contributed by atoms with Crippen molar-refractivity contribution in [2.75, 3.05) is 6.61 Å². The van der Waals surface area contributed by atoms with E-state index in [1.54, 1.807) is 0 Å². The Morgan fingerprint density at radius 1 is 0.818 bits per heavy atom. The first-order valence-electron chi connectivity index (χ1n) is 8.11. The molecular weight excluding hydrogens is 296 g/mol. The van der Waals surface area contributed by atoms with Gasteiger partial charge in [0.1, 0.15) is 0 Å². The van der Waals surface area contributed by atoms with E-state index in [-0.39, 0.29) is 5.92 Å². The highest BCUT2D eigenvalue weighted by atomic mass is 28.4. The number of carbonyl (C=O) groups excluding carboxylic acids is 2. The van der Waals surface area contributed by atoms with Crippen molar-refractivity contribution in [2.45, 2.75) is 72.0 Å². The molecule has 0 radical (unpaired) electrons. The predicted octanol–water partition coefficient (Wildman–Crippen LogP) is 4.46. The van der Waals surface area contributed by atoms with Crippen molar-refractivity contribution < 1.29 is 18.8 Å². The van der Waals surface area contributed by atoms with Gasteiger partial charge in [-0.05, 0) is 22.5 Å². The normalized spacial score (nSPS) is 12.7. The lowest BCUT2D eigenvalue weighted by atomic mass is 10.2. The molecule has 0 rings (SSSR count). The van der Waals surface area contributed by atoms with Crippen molar-refractivity contribution in [3.63, 3.8) is 0 Å². The van der Waals surface area contributed by atoms with Gasteiger partial charge in [-0.25, -0.2) is 9.59 Å². The average molecular weight is 329 g/mol. The van der Waals surface area contributed by atoms with Crippen LogP contribution >= 0.6 is 0 Å². The number of carbonyl (C=O) groups is 2. The molecule has 0 unspecified atom stereocenters. The zero-order chi connectivity index (χ0) is 17.5. The molecule has 0 atom stereocenters. The molecule has 0 aliphatic carbocycles. The second kappa shape index (κ2) is 9.13. The summed E-state index contributed by atoms with van der Waals surface area (Å²) >= 11 is 0. The van der Waals surface area contributed by atoms with Crippen LogP contribution in [0.4, 0.5) is 0 Å². The maximum Gasteiger partial charge on any atom is 0.331 e. The summed E-state index contributed by atoms with van der Waals surface area (Å²) in [5.74, 6) is -0.673. The minimum absolute atomic E-state index is 0.271. The molecule has 0 N–H and O–H groups in total. The number of hydrogen-bond acceptors (Lipinski definition) is 4. The highest BCUT2D eigenvalue weighted by molar-refractivity contribution is 6.79. The maximum atomic E-state index is 12.1. The molecule has 0 fully saturated rings. The minimum Gasteiger partial charge on any atom is -0.515 e. The first-order chi connectivity index (χ1) is 10.0. The summed E-state index contributed by atoms with van der Waals surface area (Å²) in [7, 11) is -2.25. The van der Waals surface area contributed by atoms with E-state index in [2.05, 4.69) is 41.5 Å². The van der Waals surface area contributed by atoms with Crippen LogP contribution in [-0.4, -0.2) is 26.9 Å². The Labute approximate surface area is 136 Å². The van der Waals surface area contributed by atoms with Crippen LogP contribution < -0.4 is 0 Å². The van der Waals surface area contributed by atoms with E-state index in [1.807, 2.05) is 13.8 Å². The first-order valence-corrected chi connectivity index (χ1v) is 10.3. The summed E-state index contributed by atoms with van der Waals surface area (Å²) in [6.07, 6.45) is 2.35. The predicted molar refractivity (Wildman–Crippen MR) is 92.1 cm³/mol. The monoisotopic (exact) mass is 328 g/mol. The largest absolute Gasteiger partial charge is 0.515 e. The van der Waals surface area contributed by atoms with E-state index >= 15 is 0 Å². The molecule has 0 heterocycles.